The van der Waals surface area contributed by atoms with Crippen LogP contribution in [0, 0.1) is 11.8 Å². The van der Waals surface area contributed by atoms with E-state index in [1.54, 1.807) is 0 Å². The number of benzene rings is 1. The molecule has 110 valence electrons. The maximum atomic E-state index is 12.8. The van der Waals surface area contributed by atoms with Gasteiger partial charge in [0.1, 0.15) is 12.1 Å². The second-order valence-electron chi connectivity index (χ2n) is 6.56. The number of hydrogen-bond donors (Lipinski definition) is 1. The van der Waals surface area contributed by atoms with Crippen LogP contribution in [0.3, 0.4) is 0 Å². The summed E-state index contributed by atoms with van der Waals surface area (Å²) in [6, 6.07) is 9.44. The summed E-state index contributed by atoms with van der Waals surface area (Å²) in [6.45, 7) is 0.553. The number of nitrogens with zero attached hydrogens (tertiary/aromatic N) is 1. The zero-order chi connectivity index (χ0) is 14.4. The smallest absolute Gasteiger partial charge is 0.246 e. The molecule has 2 amide bonds. The van der Waals surface area contributed by atoms with Gasteiger partial charge in [-0.05, 0) is 43.1 Å². The molecule has 2 saturated carbocycles. The summed E-state index contributed by atoms with van der Waals surface area (Å²) in [5.41, 5.74) is 1.10. The molecule has 4 rings (SSSR count). The van der Waals surface area contributed by atoms with Gasteiger partial charge in [0.25, 0.3) is 0 Å². The molecule has 1 heterocycles. The summed E-state index contributed by atoms with van der Waals surface area (Å²) >= 11 is 0. The molecule has 0 radical (unpaired) electrons. The molecular weight excluding hydrogens is 264 g/mol. The van der Waals surface area contributed by atoms with Crippen molar-refractivity contribution in [1.29, 1.82) is 0 Å². The van der Waals surface area contributed by atoms with Crippen molar-refractivity contribution in [3.63, 3.8) is 0 Å². The van der Waals surface area contributed by atoms with Crippen LogP contribution in [-0.4, -0.2) is 28.8 Å². The van der Waals surface area contributed by atoms with Crippen molar-refractivity contribution >= 4 is 11.8 Å². The van der Waals surface area contributed by atoms with Gasteiger partial charge in [0, 0.05) is 6.54 Å². The van der Waals surface area contributed by atoms with E-state index in [9.17, 15) is 9.59 Å². The molecule has 0 spiro atoms. The van der Waals surface area contributed by atoms with Crippen molar-refractivity contribution < 1.29 is 9.59 Å². The van der Waals surface area contributed by atoms with E-state index in [-0.39, 0.29) is 23.9 Å². The van der Waals surface area contributed by atoms with E-state index in [1.165, 1.54) is 0 Å². The number of nitrogens with one attached hydrogen (secondary N) is 1. The van der Waals surface area contributed by atoms with Crippen molar-refractivity contribution in [2.45, 2.75) is 44.3 Å². The number of amides is 2. The van der Waals surface area contributed by atoms with Gasteiger partial charge in [-0.3, -0.25) is 9.59 Å². The molecule has 1 aromatic rings. The van der Waals surface area contributed by atoms with Gasteiger partial charge in [-0.25, -0.2) is 0 Å². The number of piperazine rings is 1. The lowest BCUT2D eigenvalue weighted by Crippen LogP contribution is -2.64. The summed E-state index contributed by atoms with van der Waals surface area (Å²) < 4.78 is 0. The van der Waals surface area contributed by atoms with Gasteiger partial charge in [0.15, 0.2) is 0 Å². The summed E-state index contributed by atoms with van der Waals surface area (Å²) in [5, 5.41) is 2.99. The fourth-order valence-electron chi connectivity index (χ4n) is 3.34. The molecular formula is C17H20N2O2. The largest absolute Gasteiger partial charge is 0.342 e. The Hall–Kier alpha value is -1.84. The highest BCUT2D eigenvalue weighted by molar-refractivity contribution is 5.97. The molecule has 1 aromatic carbocycles. The summed E-state index contributed by atoms with van der Waals surface area (Å²) in [7, 11) is 0. The molecule has 1 saturated heterocycles. The monoisotopic (exact) mass is 284 g/mol. The highest BCUT2D eigenvalue weighted by Crippen LogP contribution is 2.41. The van der Waals surface area contributed by atoms with Gasteiger partial charge >= 0.3 is 0 Å². The van der Waals surface area contributed by atoms with Crippen molar-refractivity contribution in [3.05, 3.63) is 35.9 Å². The van der Waals surface area contributed by atoms with E-state index in [0.717, 1.165) is 31.2 Å². The quantitative estimate of drug-likeness (QED) is 0.915. The molecule has 1 aliphatic heterocycles. The second-order valence-corrected chi connectivity index (χ2v) is 6.56. The normalized spacial score (nSPS) is 29.4. The fraction of sp³-hybridized carbons (Fsp3) is 0.529. The molecule has 1 N–H and O–H groups in total. The first-order valence-corrected chi connectivity index (χ1v) is 7.89. The van der Waals surface area contributed by atoms with E-state index in [0.29, 0.717) is 18.4 Å². The highest BCUT2D eigenvalue weighted by atomic mass is 16.2. The van der Waals surface area contributed by atoms with Crippen LogP contribution in [0.1, 0.15) is 31.2 Å². The molecule has 4 heteroatoms. The van der Waals surface area contributed by atoms with Crippen molar-refractivity contribution in [2.75, 3.05) is 0 Å². The fourth-order valence-corrected chi connectivity index (χ4v) is 3.34. The van der Waals surface area contributed by atoms with Crippen LogP contribution in [0.5, 0.6) is 0 Å². The van der Waals surface area contributed by atoms with Crippen LogP contribution in [0.2, 0.25) is 0 Å². The summed E-state index contributed by atoms with van der Waals surface area (Å²) in [6.07, 6.45) is 4.24. The van der Waals surface area contributed by atoms with Crippen LogP contribution in [-0.2, 0) is 16.1 Å². The van der Waals surface area contributed by atoms with Gasteiger partial charge in [0.05, 0.1) is 0 Å². The lowest BCUT2D eigenvalue weighted by Gasteiger charge is -2.39. The number of carbonyl (C=O) groups excluding carboxylic acids is 2. The predicted molar refractivity (Wildman–Crippen MR) is 78.2 cm³/mol. The van der Waals surface area contributed by atoms with Gasteiger partial charge in [-0.1, -0.05) is 30.3 Å². The van der Waals surface area contributed by atoms with Gasteiger partial charge < -0.3 is 10.2 Å². The lowest BCUT2D eigenvalue weighted by molar-refractivity contribution is -0.151. The SMILES string of the molecule is O=C1NC(C2CC2)C(=O)N(Cc2ccccc2)C1C1CC1. The Morgan fingerprint density at radius 2 is 1.67 bits per heavy atom. The minimum atomic E-state index is -0.281. The minimum absolute atomic E-state index is 0.0601. The van der Waals surface area contributed by atoms with Gasteiger partial charge in [-0.15, -0.1) is 0 Å². The molecule has 21 heavy (non-hydrogen) atoms. The van der Waals surface area contributed by atoms with Crippen molar-refractivity contribution in [3.8, 4) is 0 Å². The number of hydrogen-bond acceptors (Lipinski definition) is 2. The van der Waals surface area contributed by atoms with Gasteiger partial charge in [-0.2, -0.15) is 0 Å². The molecule has 2 unspecified atom stereocenters. The lowest BCUT2D eigenvalue weighted by atomic mass is 9.99. The van der Waals surface area contributed by atoms with Crippen LogP contribution in [0.15, 0.2) is 30.3 Å². The Kier molecular flexibility index (Phi) is 2.98. The molecule has 0 bridgehead atoms. The molecule has 4 nitrogen and oxygen atoms in total. The third-order valence-corrected chi connectivity index (χ3v) is 4.81. The Balaban J connectivity index is 1.61. The third-order valence-electron chi connectivity index (χ3n) is 4.81. The standard InChI is InChI=1S/C17H20N2O2/c20-16-15(13-8-9-13)19(10-11-4-2-1-3-5-11)17(21)14(18-16)12-6-7-12/h1-5,12-15H,6-10H2,(H,18,20). The molecule has 3 fully saturated rings. The first-order valence-electron chi connectivity index (χ1n) is 7.89. The molecule has 0 aromatic heterocycles. The predicted octanol–water partition coefficient (Wildman–Crippen LogP) is 1.70. The summed E-state index contributed by atoms with van der Waals surface area (Å²) in [5.74, 6) is 0.903. The molecule has 3 aliphatic rings. The first-order chi connectivity index (χ1) is 10.2. The van der Waals surface area contributed by atoms with E-state index in [1.807, 2.05) is 35.2 Å². The number of rotatable bonds is 4. The van der Waals surface area contributed by atoms with Crippen LogP contribution < -0.4 is 5.32 Å². The average Bonchev–Trinajstić information content (AvgIpc) is 3.37. The first kappa shape index (κ1) is 12.9. The highest BCUT2D eigenvalue weighted by Gasteiger charge is 2.51. The Morgan fingerprint density at radius 1 is 1.00 bits per heavy atom. The average molecular weight is 284 g/mol. The van der Waals surface area contributed by atoms with Crippen molar-refractivity contribution in [1.82, 2.24) is 10.2 Å². The van der Waals surface area contributed by atoms with E-state index < -0.39 is 0 Å². The van der Waals surface area contributed by atoms with Crippen molar-refractivity contribution in [2.24, 2.45) is 11.8 Å². The Bertz CT molecular complexity index is 563. The number of carbonyl (C=O) groups is 2. The van der Waals surface area contributed by atoms with Crippen LogP contribution in [0.4, 0.5) is 0 Å². The molecule has 2 atom stereocenters. The molecule has 2 aliphatic carbocycles. The zero-order valence-corrected chi connectivity index (χ0v) is 12.0. The van der Waals surface area contributed by atoms with Gasteiger partial charge in [0.2, 0.25) is 11.8 Å². The topological polar surface area (TPSA) is 49.4 Å². The van der Waals surface area contributed by atoms with Crippen LogP contribution in [0.25, 0.3) is 0 Å². The minimum Gasteiger partial charge on any atom is -0.342 e. The zero-order valence-electron chi connectivity index (χ0n) is 12.0. The summed E-state index contributed by atoms with van der Waals surface area (Å²) in [4.78, 5) is 27.1. The van der Waals surface area contributed by atoms with E-state index in [2.05, 4.69) is 5.32 Å². The second kappa shape index (κ2) is 4.86. The third kappa shape index (κ3) is 2.43. The Morgan fingerprint density at radius 3 is 2.29 bits per heavy atom. The maximum absolute atomic E-state index is 12.8. The van der Waals surface area contributed by atoms with E-state index >= 15 is 0 Å². The van der Waals surface area contributed by atoms with Crippen LogP contribution >= 0.6 is 0 Å². The maximum Gasteiger partial charge on any atom is 0.246 e. The van der Waals surface area contributed by atoms with E-state index in [4.69, 9.17) is 0 Å². The Labute approximate surface area is 124 Å².